The first-order chi connectivity index (χ1) is 5.47. The lowest BCUT2D eigenvalue weighted by molar-refractivity contribution is 0.397. The number of hydrogen-bond acceptors (Lipinski definition) is 2. The third-order valence-corrected chi connectivity index (χ3v) is 1.24. The summed E-state index contributed by atoms with van der Waals surface area (Å²) in [7, 11) is -2.44. The summed E-state index contributed by atoms with van der Waals surface area (Å²) >= 11 is 3.09. The maximum absolute atomic E-state index is 6.80. The zero-order valence-corrected chi connectivity index (χ0v) is 6.05. The van der Waals surface area contributed by atoms with Crippen LogP contribution in [0.25, 0.3) is 0 Å². The maximum Gasteiger partial charge on any atom is 0.213 e. The van der Waals surface area contributed by atoms with E-state index < -0.39 is 7.04 Å². The third-order valence-electron chi connectivity index (χ3n) is 0.794. The molecule has 0 aliphatic carbocycles. The zero-order valence-electron chi connectivity index (χ0n) is 7.47. The van der Waals surface area contributed by atoms with Gasteiger partial charge in [-0.25, -0.2) is 4.98 Å². The van der Waals surface area contributed by atoms with Crippen molar-refractivity contribution in [1.29, 1.82) is 0 Å². The molecule has 0 aromatic carbocycles. The molecule has 1 aromatic heterocycles. The Hall–Kier alpha value is -0.570. The quantitative estimate of drug-likeness (QED) is 0.632. The average Bonchev–Trinajstić information content (AvgIpc) is 1.82. The first-order valence-corrected chi connectivity index (χ1v) is 3.08. The third kappa shape index (κ3) is 1.68. The van der Waals surface area contributed by atoms with Crippen LogP contribution in [-0.2, 0) is 0 Å². The molecule has 9 heavy (non-hydrogen) atoms. The second kappa shape index (κ2) is 2.82. The van der Waals surface area contributed by atoms with Crippen molar-refractivity contribution in [1.82, 2.24) is 4.98 Å². The topological polar surface area (TPSA) is 22.1 Å². The van der Waals surface area contributed by atoms with Crippen LogP contribution in [0.1, 0.15) is 4.11 Å². The second-order valence-corrected chi connectivity index (χ2v) is 2.21. The van der Waals surface area contributed by atoms with E-state index in [1.165, 1.54) is 6.07 Å². The van der Waals surface area contributed by atoms with Gasteiger partial charge in [0.1, 0.15) is 4.60 Å². The molecular formula is C6H6BrNO. The Bertz CT molecular complexity index is 276. The molecule has 3 heteroatoms. The van der Waals surface area contributed by atoms with E-state index in [0.717, 1.165) is 0 Å². The fraction of sp³-hybridized carbons (Fsp3) is 0.167. The number of nitrogens with zero attached hydrogens (tertiary/aromatic N) is 1. The van der Waals surface area contributed by atoms with Gasteiger partial charge in [-0.2, -0.15) is 0 Å². The van der Waals surface area contributed by atoms with Crippen molar-refractivity contribution in [3.05, 3.63) is 22.8 Å². The summed E-state index contributed by atoms with van der Waals surface area (Å²) in [5.74, 6) is 0.0874. The number of pyridine rings is 1. The van der Waals surface area contributed by atoms with Crippen molar-refractivity contribution in [2.45, 2.75) is 0 Å². The van der Waals surface area contributed by atoms with Gasteiger partial charge < -0.3 is 4.74 Å². The fourth-order valence-corrected chi connectivity index (χ4v) is 0.774. The summed E-state index contributed by atoms with van der Waals surface area (Å²) in [5, 5.41) is 0. The molecule has 0 unspecified atom stereocenters. The van der Waals surface area contributed by atoms with Gasteiger partial charge in [0.2, 0.25) is 5.88 Å². The van der Waals surface area contributed by atoms with Crippen LogP contribution in [0.5, 0.6) is 5.88 Å². The smallest absolute Gasteiger partial charge is 0.213 e. The molecule has 1 rings (SSSR count). The van der Waals surface area contributed by atoms with Crippen LogP contribution in [0.15, 0.2) is 22.8 Å². The Balaban J connectivity index is 2.77. The lowest BCUT2D eigenvalue weighted by Gasteiger charge is -1.95. The van der Waals surface area contributed by atoms with E-state index >= 15 is 0 Å². The highest BCUT2D eigenvalue weighted by molar-refractivity contribution is 9.10. The van der Waals surface area contributed by atoms with Gasteiger partial charge in [0.05, 0.1) is 11.2 Å². The fourth-order valence-electron chi connectivity index (χ4n) is 0.446. The molecule has 0 radical (unpaired) electrons. The second-order valence-electron chi connectivity index (χ2n) is 1.40. The maximum atomic E-state index is 6.80. The number of hydrogen-bond donors (Lipinski definition) is 0. The highest BCUT2D eigenvalue weighted by Crippen LogP contribution is 2.10. The van der Waals surface area contributed by atoms with Gasteiger partial charge in [-0.3, -0.25) is 0 Å². The van der Waals surface area contributed by atoms with E-state index in [9.17, 15) is 0 Å². The van der Waals surface area contributed by atoms with Crippen molar-refractivity contribution >= 4 is 15.9 Å². The van der Waals surface area contributed by atoms with Crippen LogP contribution in [-0.4, -0.2) is 12.0 Å². The number of aromatic nitrogens is 1. The van der Waals surface area contributed by atoms with Crippen molar-refractivity contribution in [3.8, 4) is 5.88 Å². The van der Waals surface area contributed by atoms with Gasteiger partial charge in [0.25, 0.3) is 0 Å². The minimum Gasteiger partial charge on any atom is -0.481 e. The molecule has 0 amide bonds. The molecule has 0 saturated carbocycles. The normalized spacial score (nSPS) is 15.4. The van der Waals surface area contributed by atoms with Crippen molar-refractivity contribution in [2.75, 3.05) is 7.04 Å². The lowest BCUT2D eigenvalue weighted by Crippen LogP contribution is -1.85. The molecule has 0 N–H and O–H groups in total. The highest BCUT2D eigenvalue weighted by atomic mass is 79.9. The number of rotatable bonds is 1. The van der Waals surface area contributed by atoms with E-state index in [1.54, 1.807) is 12.1 Å². The van der Waals surface area contributed by atoms with Crippen LogP contribution in [0.2, 0.25) is 0 Å². The Labute approximate surface area is 66.2 Å². The SMILES string of the molecule is [2H]C([2H])([2H])Oc1cccc(Br)n1. The van der Waals surface area contributed by atoms with E-state index in [4.69, 9.17) is 4.11 Å². The molecule has 1 heterocycles. The van der Waals surface area contributed by atoms with Gasteiger partial charge in [0.15, 0.2) is 0 Å². The van der Waals surface area contributed by atoms with Crippen LogP contribution >= 0.6 is 15.9 Å². The van der Waals surface area contributed by atoms with Gasteiger partial charge in [-0.15, -0.1) is 0 Å². The van der Waals surface area contributed by atoms with Crippen molar-refractivity contribution < 1.29 is 8.85 Å². The minimum absolute atomic E-state index is 0.0874. The Morgan fingerprint density at radius 3 is 3.33 bits per heavy atom. The summed E-state index contributed by atoms with van der Waals surface area (Å²) in [6.07, 6.45) is 0. The highest BCUT2D eigenvalue weighted by Gasteiger charge is 1.89. The number of halogens is 1. The van der Waals surface area contributed by atoms with E-state index in [2.05, 4.69) is 25.7 Å². The van der Waals surface area contributed by atoms with Crippen LogP contribution < -0.4 is 4.74 Å². The first kappa shape index (κ1) is 3.56. The van der Waals surface area contributed by atoms with Crippen LogP contribution in [0.4, 0.5) is 0 Å². The predicted octanol–water partition coefficient (Wildman–Crippen LogP) is 1.85. The van der Waals surface area contributed by atoms with Crippen LogP contribution in [0.3, 0.4) is 0 Å². The molecular weight excluding hydrogens is 182 g/mol. The Kier molecular flexibility index (Phi) is 1.12. The summed E-state index contributed by atoms with van der Waals surface area (Å²) < 4.78 is 25.5. The number of methoxy groups -OCH3 is 1. The molecule has 0 aliphatic rings. The summed E-state index contributed by atoms with van der Waals surface area (Å²) in [5.41, 5.74) is 0. The first-order valence-electron chi connectivity index (χ1n) is 3.79. The van der Waals surface area contributed by atoms with E-state index in [1.807, 2.05) is 0 Å². The average molecular weight is 191 g/mol. The molecule has 1 aromatic rings. The standard InChI is InChI=1S/C6H6BrNO/c1-9-6-4-2-3-5(7)8-6/h2-4H,1H3/i1D3. The monoisotopic (exact) mass is 190 g/mol. The van der Waals surface area contributed by atoms with Crippen molar-refractivity contribution in [3.63, 3.8) is 0 Å². The van der Waals surface area contributed by atoms with E-state index in [0.29, 0.717) is 4.60 Å². The molecule has 0 aliphatic heterocycles. The molecule has 48 valence electrons. The molecule has 0 atom stereocenters. The number of ether oxygens (including phenoxy) is 1. The van der Waals surface area contributed by atoms with E-state index in [-0.39, 0.29) is 5.88 Å². The van der Waals surface area contributed by atoms with Crippen LogP contribution in [0, 0.1) is 0 Å². The molecule has 2 nitrogen and oxygen atoms in total. The summed E-state index contributed by atoms with van der Waals surface area (Å²) in [4.78, 5) is 3.79. The van der Waals surface area contributed by atoms with Gasteiger partial charge >= 0.3 is 0 Å². The lowest BCUT2D eigenvalue weighted by atomic mass is 10.5. The van der Waals surface area contributed by atoms with Crippen molar-refractivity contribution in [2.24, 2.45) is 0 Å². The van der Waals surface area contributed by atoms with Gasteiger partial charge in [-0.1, -0.05) is 6.07 Å². The largest absolute Gasteiger partial charge is 0.481 e. The van der Waals surface area contributed by atoms with Gasteiger partial charge in [0, 0.05) is 6.07 Å². The zero-order chi connectivity index (χ0) is 9.19. The summed E-state index contributed by atoms with van der Waals surface area (Å²) in [6.45, 7) is 0. The molecule has 0 spiro atoms. The predicted molar refractivity (Wildman–Crippen MR) is 38.5 cm³/mol. The molecule has 0 saturated heterocycles. The Morgan fingerprint density at radius 2 is 2.67 bits per heavy atom. The minimum atomic E-state index is -2.44. The molecule has 0 bridgehead atoms. The molecule has 0 fully saturated rings. The Morgan fingerprint density at radius 1 is 1.78 bits per heavy atom. The van der Waals surface area contributed by atoms with Gasteiger partial charge in [-0.05, 0) is 22.0 Å². The summed E-state index contributed by atoms with van der Waals surface area (Å²) in [6, 6.07) is 4.82.